The molecule has 0 radical (unpaired) electrons. The van der Waals surface area contributed by atoms with E-state index in [1.807, 2.05) is 0 Å². The lowest BCUT2D eigenvalue weighted by molar-refractivity contribution is 0.0955. The van der Waals surface area contributed by atoms with E-state index in [1.54, 1.807) is 4.72 Å². The highest BCUT2D eigenvalue weighted by Gasteiger charge is 2.20. The highest BCUT2D eigenvalue weighted by molar-refractivity contribution is 7.89. The third-order valence-corrected chi connectivity index (χ3v) is 2.92. The smallest absolute Gasteiger partial charge is 0.267 e. The fraction of sp³-hybridized carbons (Fsp3) is 0.200. The summed E-state index contributed by atoms with van der Waals surface area (Å²) in [5.41, 5.74) is -0.722. The Hall–Kier alpha value is -1.67. The third-order valence-electron chi connectivity index (χ3n) is 2.05. The highest BCUT2D eigenvalue weighted by Crippen LogP contribution is 2.21. The molecule has 1 aromatic carbocycles. The van der Waals surface area contributed by atoms with Crippen LogP contribution in [-0.2, 0) is 10.0 Å². The van der Waals surface area contributed by atoms with Crippen LogP contribution >= 0.6 is 11.6 Å². The molecule has 0 aromatic heterocycles. The predicted octanol–water partition coefficient (Wildman–Crippen LogP) is 0.528. The molecule has 0 aliphatic carbocycles. The first-order chi connectivity index (χ1) is 8.65. The Labute approximate surface area is 114 Å². The SMILES string of the molecule is CNC(=O)c1cc(F)c(C(=O)NS(C)(=O)=O)cc1Cl. The van der Waals surface area contributed by atoms with Crippen molar-refractivity contribution in [3.05, 3.63) is 34.1 Å². The minimum atomic E-state index is -3.82. The molecule has 0 saturated heterocycles. The van der Waals surface area contributed by atoms with E-state index in [4.69, 9.17) is 11.6 Å². The molecule has 104 valence electrons. The van der Waals surface area contributed by atoms with Crippen molar-refractivity contribution in [2.75, 3.05) is 13.3 Å². The molecule has 0 fully saturated rings. The normalized spacial score (nSPS) is 10.9. The lowest BCUT2D eigenvalue weighted by Gasteiger charge is -2.08. The van der Waals surface area contributed by atoms with Crippen molar-refractivity contribution >= 4 is 33.4 Å². The van der Waals surface area contributed by atoms with Gasteiger partial charge in [-0.05, 0) is 12.1 Å². The van der Waals surface area contributed by atoms with E-state index in [0.29, 0.717) is 0 Å². The number of sulfonamides is 1. The first-order valence-corrected chi connectivity index (χ1v) is 7.16. The number of rotatable bonds is 3. The first-order valence-electron chi connectivity index (χ1n) is 4.89. The molecule has 0 aliphatic heterocycles. The molecule has 0 heterocycles. The standard InChI is InChI=1S/C10H10ClFN2O4S/c1-13-9(15)5-4-8(12)6(3-7(5)11)10(16)14-19(2,17)18/h3-4H,1-2H3,(H,13,15)(H,14,16). The second-order valence-corrected chi connectivity index (χ2v) is 5.75. The quantitative estimate of drug-likeness (QED) is 0.852. The number of carbonyl (C=O) groups is 2. The molecule has 1 rings (SSSR count). The lowest BCUT2D eigenvalue weighted by atomic mass is 10.1. The van der Waals surface area contributed by atoms with Gasteiger partial charge in [-0.15, -0.1) is 0 Å². The number of hydrogen-bond acceptors (Lipinski definition) is 4. The summed E-state index contributed by atoms with van der Waals surface area (Å²) in [6, 6.07) is 1.65. The van der Waals surface area contributed by atoms with Gasteiger partial charge in [0.15, 0.2) is 0 Å². The molecular formula is C10H10ClFN2O4S. The molecule has 0 unspecified atom stereocenters. The van der Waals surface area contributed by atoms with Crippen LogP contribution in [0.5, 0.6) is 0 Å². The second-order valence-electron chi connectivity index (χ2n) is 3.59. The summed E-state index contributed by atoms with van der Waals surface area (Å²) in [6.45, 7) is 0. The van der Waals surface area contributed by atoms with E-state index in [9.17, 15) is 22.4 Å². The van der Waals surface area contributed by atoms with Crippen LogP contribution in [0.3, 0.4) is 0 Å². The molecule has 6 nitrogen and oxygen atoms in total. The van der Waals surface area contributed by atoms with Crippen LogP contribution in [0.25, 0.3) is 0 Å². The largest absolute Gasteiger partial charge is 0.355 e. The Kier molecular flexibility index (Phi) is 4.48. The van der Waals surface area contributed by atoms with Gasteiger partial charge in [0.05, 0.1) is 22.4 Å². The fourth-order valence-electron chi connectivity index (χ4n) is 1.25. The van der Waals surface area contributed by atoms with Crippen LogP contribution in [0.4, 0.5) is 4.39 Å². The summed E-state index contributed by atoms with van der Waals surface area (Å²) in [5.74, 6) is -2.84. The van der Waals surface area contributed by atoms with Crippen LogP contribution in [0, 0.1) is 5.82 Å². The lowest BCUT2D eigenvalue weighted by Crippen LogP contribution is -2.30. The number of hydrogen-bond donors (Lipinski definition) is 2. The van der Waals surface area contributed by atoms with E-state index in [-0.39, 0.29) is 10.6 Å². The van der Waals surface area contributed by atoms with Crippen molar-refractivity contribution < 1.29 is 22.4 Å². The summed E-state index contributed by atoms with van der Waals surface area (Å²) < 4.78 is 37.0. The van der Waals surface area contributed by atoms with Crippen molar-refractivity contribution in [1.82, 2.24) is 10.0 Å². The monoisotopic (exact) mass is 308 g/mol. The molecule has 0 bridgehead atoms. The number of carbonyl (C=O) groups excluding carboxylic acids is 2. The molecule has 19 heavy (non-hydrogen) atoms. The van der Waals surface area contributed by atoms with Gasteiger partial charge in [-0.2, -0.15) is 0 Å². The Morgan fingerprint density at radius 1 is 1.21 bits per heavy atom. The van der Waals surface area contributed by atoms with Gasteiger partial charge in [0.25, 0.3) is 11.8 Å². The van der Waals surface area contributed by atoms with E-state index in [1.165, 1.54) is 7.05 Å². The van der Waals surface area contributed by atoms with Gasteiger partial charge in [-0.3, -0.25) is 9.59 Å². The minimum Gasteiger partial charge on any atom is -0.355 e. The summed E-state index contributed by atoms with van der Waals surface area (Å²) in [5, 5.41) is 2.08. The van der Waals surface area contributed by atoms with Gasteiger partial charge < -0.3 is 5.32 Å². The zero-order valence-electron chi connectivity index (χ0n) is 9.95. The van der Waals surface area contributed by atoms with Gasteiger partial charge >= 0.3 is 0 Å². The molecule has 0 spiro atoms. The molecule has 0 saturated carbocycles. The topological polar surface area (TPSA) is 92.3 Å². The van der Waals surface area contributed by atoms with E-state index < -0.39 is 33.2 Å². The molecule has 0 atom stereocenters. The van der Waals surface area contributed by atoms with E-state index in [0.717, 1.165) is 18.4 Å². The van der Waals surface area contributed by atoms with Crippen molar-refractivity contribution in [2.45, 2.75) is 0 Å². The van der Waals surface area contributed by atoms with Crippen LogP contribution in [0.15, 0.2) is 12.1 Å². The van der Waals surface area contributed by atoms with Crippen LogP contribution in [0.2, 0.25) is 5.02 Å². The summed E-state index contributed by atoms with van der Waals surface area (Å²) >= 11 is 5.73. The maximum Gasteiger partial charge on any atom is 0.267 e. The predicted molar refractivity (Wildman–Crippen MR) is 67.1 cm³/mol. The second kappa shape index (κ2) is 5.54. The van der Waals surface area contributed by atoms with E-state index in [2.05, 4.69) is 5.32 Å². The third kappa shape index (κ3) is 3.90. The average molecular weight is 309 g/mol. The summed E-state index contributed by atoms with van der Waals surface area (Å²) in [7, 11) is -2.49. The molecule has 1 aromatic rings. The van der Waals surface area contributed by atoms with E-state index >= 15 is 0 Å². The van der Waals surface area contributed by atoms with Crippen molar-refractivity contribution in [1.29, 1.82) is 0 Å². The Morgan fingerprint density at radius 3 is 2.26 bits per heavy atom. The van der Waals surface area contributed by atoms with Gasteiger partial charge in [0.2, 0.25) is 10.0 Å². The maximum atomic E-state index is 13.7. The van der Waals surface area contributed by atoms with Crippen molar-refractivity contribution in [2.24, 2.45) is 0 Å². The number of benzene rings is 1. The molecule has 9 heteroatoms. The maximum absolute atomic E-state index is 13.7. The van der Waals surface area contributed by atoms with Crippen LogP contribution in [-0.4, -0.2) is 33.5 Å². The molecule has 2 amide bonds. The van der Waals surface area contributed by atoms with Gasteiger partial charge in [0, 0.05) is 7.05 Å². The van der Waals surface area contributed by atoms with Gasteiger partial charge in [-0.25, -0.2) is 17.5 Å². The molecule has 0 aliphatic rings. The fourth-order valence-corrected chi connectivity index (χ4v) is 1.95. The number of amides is 2. The molecular weight excluding hydrogens is 299 g/mol. The first kappa shape index (κ1) is 15.4. The van der Waals surface area contributed by atoms with Gasteiger partial charge in [-0.1, -0.05) is 11.6 Å². The van der Waals surface area contributed by atoms with Crippen molar-refractivity contribution in [3.63, 3.8) is 0 Å². The summed E-state index contributed by atoms with van der Waals surface area (Å²) in [4.78, 5) is 22.8. The van der Waals surface area contributed by atoms with Gasteiger partial charge in [0.1, 0.15) is 5.82 Å². The molecule has 2 N–H and O–H groups in total. The number of halogens is 2. The van der Waals surface area contributed by atoms with Crippen LogP contribution < -0.4 is 10.0 Å². The van der Waals surface area contributed by atoms with Crippen molar-refractivity contribution in [3.8, 4) is 0 Å². The Bertz CT molecular complexity index is 645. The Balaban J connectivity index is 3.23. The highest BCUT2D eigenvalue weighted by atomic mass is 35.5. The van der Waals surface area contributed by atoms with Crippen LogP contribution in [0.1, 0.15) is 20.7 Å². The average Bonchev–Trinajstić information content (AvgIpc) is 2.28. The Morgan fingerprint density at radius 2 is 1.79 bits per heavy atom. The zero-order valence-corrected chi connectivity index (χ0v) is 11.5. The number of nitrogens with one attached hydrogen (secondary N) is 2. The summed E-state index contributed by atoms with van der Waals surface area (Å²) in [6.07, 6.45) is 0.753. The zero-order chi connectivity index (χ0) is 14.8. The minimum absolute atomic E-state index is 0.155.